The van der Waals surface area contributed by atoms with Gasteiger partial charge in [-0.05, 0) is 58.2 Å². The molecule has 10 heteroatoms. The smallest absolute Gasteiger partial charge is 0.252 e. The number of para-hydroxylation sites is 2. The van der Waals surface area contributed by atoms with E-state index in [0.29, 0.717) is 41.6 Å². The summed E-state index contributed by atoms with van der Waals surface area (Å²) in [6.45, 7) is 4.01. The summed E-state index contributed by atoms with van der Waals surface area (Å²) in [6.07, 6.45) is 1.71. The van der Waals surface area contributed by atoms with Crippen molar-refractivity contribution < 1.29 is 8.42 Å². The number of halogens is 1. The summed E-state index contributed by atoms with van der Waals surface area (Å²) >= 11 is 4.59. The molecule has 0 unspecified atom stereocenters. The Morgan fingerprint density at radius 3 is 2.58 bits per heavy atom. The van der Waals surface area contributed by atoms with E-state index in [1.165, 1.54) is 11.3 Å². The number of aryl methyl sites for hydroxylation is 1. The van der Waals surface area contributed by atoms with Crippen LogP contribution in [0, 0.1) is 11.3 Å². The fourth-order valence-corrected chi connectivity index (χ4v) is 7.99. The normalized spacial score (nSPS) is 15.4. The molecule has 0 bridgehead atoms. The highest BCUT2D eigenvalue weighted by Crippen LogP contribution is 2.32. The van der Waals surface area contributed by atoms with Crippen molar-refractivity contribution in [2.45, 2.75) is 24.0 Å². The topological polar surface area (TPSA) is 81.7 Å². The van der Waals surface area contributed by atoms with Gasteiger partial charge in [-0.1, -0.05) is 25.5 Å². The van der Waals surface area contributed by atoms with E-state index < -0.39 is 10.0 Å². The van der Waals surface area contributed by atoms with Crippen molar-refractivity contribution in [3.8, 4) is 6.07 Å². The van der Waals surface area contributed by atoms with Gasteiger partial charge in [-0.25, -0.2) is 13.4 Å². The van der Waals surface area contributed by atoms with Crippen LogP contribution in [0.25, 0.3) is 16.7 Å². The molecule has 1 aliphatic rings. The highest BCUT2D eigenvalue weighted by atomic mass is 79.9. The Morgan fingerprint density at radius 2 is 1.91 bits per heavy atom. The molecule has 0 atom stereocenters. The van der Waals surface area contributed by atoms with Crippen molar-refractivity contribution >= 4 is 59.8 Å². The van der Waals surface area contributed by atoms with Gasteiger partial charge in [-0.3, -0.25) is 4.40 Å². The van der Waals surface area contributed by atoms with Gasteiger partial charge in [0.2, 0.25) is 0 Å². The van der Waals surface area contributed by atoms with Gasteiger partial charge in [0.25, 0.3) is 10.0 Å². The largest absolute Gasteiger partial charge is 0.355 e. The number of sulfonamides is 1. The van der Waals surface area contributed by atoms with Crippen molar-refractivity contribution in [3.05, 3.63) is 57.4 Å². The van der Waals surface area contributed by atoms with Gasteiger partial charge in [0.1, 0.15) is 16.1 Å². The van der Waals surface area contributed by atoms with Gasteiger partial charge < -0.3 is 4.90 Å². The molecule has 33 heavy (non-hydrogen) atoms. The molecule has 7 nitrogen and oxygen atoms in total. The van der Waals surface area contributed by atoms with Crippen LogP contribution in [0.4, 0.5) is 5.82 Å². The number of nitriles is 1. The van der Waals surface area contributed by atoms with Gasteiger partial charge in [-0.15, -0.1) is 11.3 Å². The zero-order chi connectivity index (χ0) is 23.2. The number of fused-ring (bicyclic) bond motifs is 3. The Bertz CT molecular complexity index is 1490. The van der Waals surface area contributed by atoms with Crippen molar-refractivity contribution in [3.63, 3.8) is 0 Å². The maximum Gasteiger partial charge on any atom is 0.252 e. The summed E-state index contributed by atoms with van der Waals surface area (Å²) in [6, 6.07) is 15.7. The van der Waals surface area contributed by atoms with E-state index in [-0.39, 0.29) is 0 Å². The molecule has 0 amide bonds. The van der Waals surface area contributed by atoms with Crippen molar-refractivity contribution in [2.24, 2.45) is 0 Å². The van der Waals surface area contributed by atoms with Crippen LogP contribution in [0.5, 0.6) is 0 Å². The second-order valence-corrected chi connectivity index (χ2v) is 12.6. The summed E-state index contributed by atoms with van der Waals surface area (Å²) in [5, 5.41) is 9.91. The fraction of sp³-hybridized carbons (Fsp3) is 0.304. The molecule has 0 N–H and O–H groups in total. The van der Waals surface area contributed by atoms with Crippen LogP contribution in [0.1, 0.15) is 24.5 Å². The van der Waals surface area contributed by atoms with E-state index in [2.05, 4.69) is 39.9 Å². The summed E-state index contributed by atoms with van der Waals surface area (Å²) in [4.78, 5) is 6.99. The van der Waals surface area contributed by atoms with Crippen LogP contribution >= 0.6 is 27.3 Å². The number of imidazole rings is 1. The van der Waals surface area contributed by atoms with E-state index in [1.54, 1.807) is 16.4 Å². The lowest BCUT2D eigenvalue weighted by atomic mass is 10.1. The number of thiophene rings is 1. The minimum absolute atomic E-state index is 0.356. The molecule has 0 radical (unpaired) electrons. The van der Waals surface area contributed by atoms with Gasteiger partial charge in [-0.2, -0.15) is 9.57 Å². The molecular formula is C23H22BrN5O2S2. The molecule has 170 valence electrons. The molecule has 0 spiro atoms. The Kier molecular flexibility index (Phi) is 5.91. The second-order valence-electron chi connectivity index (χ2n) is 7.97. The predicted octanol–water partition coefficient (Wildman–Crippen LogP) is 4.65. The van der Waals surface area contributed by atoms with Crippen LogP contribution in [0.15, 0.2) is 50.5 Å². The van der Waals surface area contributed by atoms with E-state index in [0.717, 1.165) is 39.0 Å². The Balaban J connectivity index is 1.55. The highest BCUT2D eigenvalue weighted by Gasteiger charge is 2.31. The maximum atomic E-state index is 13.1. The quantitative estimate of drug-likeness (QED) is 0.366. The monoisotopic (exact) mass is 543 g/mol. The average molecular weight is 545 g/mol. The summed E-state index contributed by atoms with van der Waals surface area (Å²) in [7, 11) is -3.51. The Hall–Kier alpha value is -2.45. The number of hydrogen-bond acceptors (Lipinski definition) is 6. The summed E-state index contributed by atoms with van der Waals surface area (Å²) < 4.78 is 30.9. The number of aromatic nitrogens is 2. The molecule has 4 aromatic rings. The lowest BCUT2D eigenvalue weighted by Gasteiger charge is -2.35. The molecule has 0 aliphatic carbocycles. The fourth-order valence-electron chi connectivity index (χ4n) is 4.40. The van der Waals surface area contributed by atoms with Crippen LogP contribution < -0.4 is 4.90 Å². The number of pyridine rings is 1. The molecule has 0 saturated carbocycles. The number of anilines is 1. The first kappa shape index (κ1) is 22.3. The Labute approximate surface area is 205 Å². The van der Waals surface area contributed by atoms with Gasteiger partial charge in [0, 0.05) is 26.2 Å². The third-order valence-corrected chi connectivity index (χ3v) is 9.96. The van der Waals surface area contributed by atoms with Gasteiger partial charge in [0.05, 0.1) is 20.4 Å². The standard InChI is InChI=1S/C23H22BrN5O2S2/c1-2-5-16-14-21(29-19-7-4-3-6-18(19)26-23(29)17(16)15-25)27-10-12-28(13-11-27)33(30,31)22-9-8-20(24)32-22/h3-4,6-9,14H,2,5,10-13H2,1H3. The van der Waals surface area contributed by atoms with Crippen LogP contribution in [-0.4, -0.2) is 48.3 Å². The summed E-state index contributed by atoms with van der Waals surface area (Å²) in [5.41, 5.74) is 4.05. The number of benzene rings is 1. The van der Waals surface area contributed by atoms with Crippen molar-refractivity contribution in [1.82, 2.24) is 13.7 Å². The second kappa shape index (κ2) is 8.72. The molecule has 5 rings (SSSR count). The average Bonchev–Trinajstić information content (AvgIpc) is 3.43. The number of hydrogen-bond donors (Lipinski definition) is 0. The SMILES string of the molecule is CCCc1cc(N2CCN(S(=O)(=O)c3ccc(Br)s3)CC2)n2c(nc3ccccc32)c1C#N. The van der Waals surface area contributed by atoms with Crippen LogP contribution in [-0.2, 0) is 16.4 Å². The molecule has 3 aromatic heterocycles. The van der Waals surface area contributed by atoms with E-state index in [9.17, 15) is 13.7 Å². The van der Waals surface area contributed by atoms with E-state index in [1.807, 2.05) is 28.7 Å². The van der Waals surface area contributed by atoms with Crippen molar-refractivity contribution in [2.75, 3.05) is 31.1 Å². The first-order valence-corrected chi connectivity index (χ1v) is 13.8. The maximum absolute atomic E-state index is 13.1. The molecule has 1 aromatic carbocycles. The predicted molar refractivity (Wildman–Crippen MR) is 134 cm³/mol. The zero-order valence-electron chi connectivity index (χ0n) is 18.0. The first-order chi connectivity index (χ1) is 15.9. The molecular weight excluding hydrogens is 522 g/mol. The molecule has 4 heterocycles. The minimum atomic E-state index is -3.51. The van der Waals surface area contributed by atoms with Gasteiger partial charge in [0.15, 0.2) is 5.65 Å². The molecule has 1 saturated heterocycles. The van der Waals surface area contributed by atoms with Crippen LogP contribution in [0.3, 0.4) is 0 Å². The number of piperazine rings is 1. The first-order valence-electron chi connectivity index (χ1n) is 10.8. The lowest BCUT2D eigenvalue weighted by molar-refractivity contribution is 0.384. The molecule has 1 fully saturated rings. The molecule has 1 aliphatic heterocycles. The van der Waals surface area contributed by atoms with E-state index >= 15 is 0 Å². The van der Waals surface area contributed by atoms with Crippen molar-refractivity contribution in [1.29, 1.82) is 5.26 Å². The lowest BCUT2D eigenvalue weighted by Crippen LogP contribution is -2.49. The zero-order valence-corrected chi connectivity index (χ0v) is 21.3. The third kappa shape index (κ3) is 3.83. The van der Waals surface area contributed by atoms with Crippen LogP contribution in [0.2, 0.25) is 0 Å². The van der Waals surface area contributed by atoms with E-state index in [4.69, 9.17) is 4.98 Å². The third-order valence-electron chi connectivity index (χ3n) is 5.97. The van der Waals surface area contributed by atoms with Gasteiger partial charge >= 0.3 is 0 Å². The highest BCUT2D eigenvalue weighted by molar-refractivity contribution is 9.11. The Morgan fingerprint density at radius 1 is 1.15 bits per heavy atom. The number of nitrogens with zero attached hydrogens (tertiary/aromatic N) is 5. The number of rotatable bonds is 5. The summed E-state index contributed by atoms with van der Waals surface area (Å²) in [5.74, 6) is 0.956. The minimum Gasteiger partial charge on any atom is -0.355 e.